The molecule has 0 spiro atoms. The SMILES string of the molecule is Cc1ccnc(Sc2nc(N)nc(OC(C)C)n2)n1. The zero-order valence-corrected chi connectivity index (χ0v) is 11.7. The first kappa shape index (κ1) is 13.5. The quantitative estimate of drug-likeness (QED) is 0.840. The van der Waals surface area contributed by atoms with Crippen LogP contribution in [-0.2, 0) is 0 Å². The Kier molecular flexibility index (Phi) is 4.10. The predicted molar refractivity (Wildman–Crippen MR) is 70.9 cm³/mol. The van der Waals surface area contributed by atoms with Gasteiger partial charge in [0.25, 0.3) is 0 Å². The van der Waals surface area contributed by atoms with Gasteiger partial charge in [-0.15, -0.1) is 0 Å². The third-order valence-corrected chi connectivity index (χ3v) is 2.65. The Hall–Kier alpha value is -1.96. The minimum absolute atomic E-state index is 0.0325. The summed E-state index contributed by atoms with van der Waals surface area (Å²) in [6.45, 7) is 5.66. The van der Waals surface area contributed by atoms with Crippen molar-refractivity contribution in [3.63, 3.8) is 0 Å². The van der Waals surface area contributed by atoms with E-state index in [1.807, 2.05) is 26.8 Å². The van der Waals surface area contributed by atoms with Gasteiger partial charge in [0.05, 0.1) is 6.10 Å². The molecule has 0 saturated heterocycles. The normalized spacial score (nSPS) is 10.7. The van der Waals surface area contributed by atoms with Crippen LogP contribution in [0.2, 0.25) is 0 Å². The highest BCUT2D eigenvalue weighted by atomic mass is 32.2. The van der Waals surface area contributed by atoms with Gasteiger partial charge >= 0.3 is 6.01 Å². The molecule has 0 aliphatic rings. The van der Waals surface area contributed by atoms with Gasteiger partial charge in [-0.2, -0.15) is 15.0 Å². The number of nitrogens with two attached hydrogens (primary N) is 1. The molecule has 0 amide bonds. The van der Waals surface area contributed by atoms with Gasteiger partial charge in [0, 0.05) is 11.9 Å². The van der Waals surface area contributed by atoms with Crippen LogP contribution in [0.4, 0.5) is 5.95 Å². The standard InChI is InChI=1S/C11H14N6OS/c1-6(2)18-9-15-8(12)16-11(17-9)19-10-13-5-4-7(3)14-10/h4-6H,1-3H3,(H2,12,15,16,17). The molecule has 0 aliphatic heterocycles. The number of nitrogen functional groups attached to an aromatic ring is 1. The molecule has 0 radical (unpaired) electrons. The van der Waals surface area contributed by atoms with Crippen LogP contribution in [0.25, 0.3) is 0 Å². The first-order chi connectivity index (χ1) is 9.02. The lowest BCUT2D eigenvalue weighted by molar-refractivity contribution is 0.219. The Morgan fingerprint density at radius 1 is 1.16 bits per heavy atom. The van der Waals surface area contributed by atoms with Crippen molar-refractivity contribution in [3.05, 3.63) is 18.0 Å². The van der Waals surface area contributed by atoms with Crippen molar-refractivity contribution in [3.8, 4) is 6.01 Å². The maximum atomic E-state index is 5.62. The first-order valence-electron chi connectivity index (χ1n) is 5.68. The van der Waals surface area contributed by atoms with Crippen molar-refractivity contribution >= 4 is 17.7 Å². The Morgan fingerprint density at radius 3 is 2.63 bits per heavy atom. The Bertz CT molecular complexity index is 577. The molecule has 2 N–H and O–H groups in total. The van der Waals surface area contributed by atoms with Crippen molar-refractivity contribution in [1.82, 2.24) is 24.9 Å². The smallest absolute Gasteiger partial charge is 0.322 e. The topological polar surface area (TPSA) is 99.7 Å². The van der Waals surface area contributed by atoms with E-state index in [0.29, 0.717) is 10.3 Å². The van der Waals surface area contributed by atoms with E-state index in [4.69, 9.17) is 10.5 Å². The van der Waals surface area contributed by atoms with Crippen molar-refractivity contribution < 1.29 is 4.74 Å². The molecule has 2 aromatic rings. The molecule has 0 unspecified atom stereocenters. The molecule has 2 heterocycles. The van der Waals surface area contributed by atoms with Gasteiger partial charge in [-0.05, 0) is 38.6 Å². The fraction of sp³-hybridized carbons (Fsp3) is 0.364. The van der Waals surface area contributed by atoms with Gasteiger partial charge in [-0.25, -0.2) is 9.97 Å². The summed E-state index contributed by atoms with van der Waals surface area (Å²) < 4.78 is 5.40. The summed E-state index contributed by atoms with van der Waals surface area (Å²) in [5.74, 6) is 0.112. The average molecular weight is 278 g/mol. The number of nitrogens with zero attached hydrogens (tertiary/aromatic N) is 5. The zero-order chi connectivity index (χ0) is 13.8. The first-order valence-corrected chi connectivity index (χ1v) is 6.50. The molecule has 0 fully saturated rings. The Labute approximate surface area is 115 Å². The van der Waals surface area contributed by atoms with Crippen molar-refractivity contribution in [2.75, 3.05) is 5.73 Å². The molecule has 100 valence electrons. The second kappa shape index (κ2) is 5.79. The molecule has 2 rings (SSSR count). The van der Waals surface area contributed by atoms with Crippen LogP contribution in [0.5, 0.6) is 6.01 Å². The summed E-state index contributed by atoms with van der Waals surface area (Å²) in [4.78, 5) is 20.5. The fourth-order valence-electron chi connectivity index (χ4n) is 1.22. The van der Waals surface area contributed by atoms with Crippen LogP contribution in [0.1, 0.15) is 19.5 Å². The number of rotatable bonds is 4. The lowest BCUT2D eigenvalue weighted by Gasteiger charge is -2.08. The van der Waals surface area contributed by atoms with Crippen molar-refractivity contribution in [1.29, 1.82) is 0 Å². The highest BCUT2D eigenvalue weighted by molar-refractivity contribution is 7.99. The van der Waals surface area contributed by atoms with Gasteiger partial charge < -0.3 is 10.5 Å². The zero-order valence-electron chi connectivity index (χ0n) is 10.9. The van der Waals surface area contributed by atoms with Crippen LogP contribution >= 0.6 is 11.8 Å². The summed E-state index contributed by atoms with van der Waals surface area (Å²) in [5, 5.41) is 0.967. The number of hydrogen-bond acceptors (Lipinski definition) is 8. The van der Waals surface area contributed by atoms with E-state index in [0.717, 1.165) is 5.69 Å². The van der Waals surface area contributed by atoms with Crippen LogP contribution in [0.3, 0.4) is 0 Å². The minimum atomic E-state index is -0.0325. The number of aromatic nitrogens is 5. The largest absolute Gasteiger partial charge is 0.461 e. The number of aryl methyl sites for hydroxylation is 1. The monoisotopic (exact) mass is 278 g/mol. The van der Waals surface area contributed by atoms with E-state index < -0.39 is 0 Å². The molecular formula is C11H14N6OS. The fourth-order valence-corrected chi connectivity index (χ4v) is 1.95. The highest BCUT2D eigenvalue weighted by Gasteiger charge is 2.10. The molecule has 19 heavy (non-hydrogen) atoms. The minimum Gasteiger partial charge on any atom is -0.461 e. The molecule has 0 saturated carbocycles. The number of anilines is 1. The van der Waals surface area contributed by atoms with Gasteiger partial charge in [0.1, 0.15) is 0 Å². The third-order valence-electron chi connectivity index (χ3n) is 1.91. The predicted octanol–water partition coefficient (Wildman–Crippen LogP) is 1.49. The van der Waals surface area contributed by atoms with Crippen molar-refractivity contribution in [2.24, 2.45) is 0 Å². The Balaban J connectivity index is 2.22. The summed E-state index contributed by atoms with van der Waals surface area (Å²) in [5.41, 5.74) is 6.50. The number of ether oxygens (including phenoxy) is 1. The van der Waals surface area contributed by atoms with Gasteiger partial charge in [0.15, 0.2) is 5.16 Å². The molecule has 0 atom stereocenters. The second-order valence-electron chi connectivity index (χ2n) is 4.01. The summed E-state index contributed by atoms with van der Waals surface area (Å²) in [7, 11) is 0. The Morgan fingerprint density at radius 2 is 1.95 bits per heavy atom. The summed E-state index contributed by atoms with van der Waals surface area (Å²) in [6, 6.07) is 2.02. The van der Waals surface area contributed by atoms with Gasteiger partial charge in [-0.3, -0.25) is 0 Å². The van der Waals surface area contributed by atoms with E-state index >= 15 is 0 Å². The van der Waals surface area contributed by atoms with Crippen LogP contribution in [0, 0.1) is 6.92 Å². The molecule has 2 aromatic heterocycles. The van der Waals surface area contributed by atoms with E-state index in [1.165, 1.54) is 11.8 Å². The van der Waals surface area contributed by atoms with Gasteiger partial charge in [0.2, 0.25) is 11.1 Å². The molecule has 0 aromatic carbocycles. The molecule has 7 nitrogen and oxygen atoms in total. The highest BCUT2D eigenvalue weighted by Crippen LogP contribution is 2.22. The molecule has 0 aliphatic carbocycles. The average Bonchev–Trinajstić information content (AvgIpc) is 2.26. The van der Waals surface area contributed by atoms with E-state index in [1.54, 1.807) is 6.20 Å². The second-order valence-corrected chi connectivity index (χ2v) is 4.94. The van der Waals surface area contributed by atoms with E-state index in [-0.39, 0.29) is 18.1 Å². The van der Waals surface area contributed by atoms with Crippen molar-refractivity contribution in [2.45, 2.75) is 37.2 Å². The summed E-state index contributed by atoms with van der Waals surface area (Å²) in [6.07, 6.45) is 1.65. The molecule has 0 bridgehead atoms. The molecular weight excluding hydrogens is 264 g/mol. The van der Waals surface area contributed by atoms with Crippen LogP contribution < -0.4 is 10.5 Å². The van der Waals surface area contributed by atoms with Gasteiger partial charge in [-0.1, -0.05) is 0 Å². The van der Waals surface area contributed by atoms with E-state index in [2.05, 4.69) is 24.9 Å². The lowest BCUT2D eigenvalue weighted by atomic mass is 10.5. The maximum absolute atomic E-state index is 5.62. The van der Waals surface area contributed by atoms with Crippen LogP contribution in [0.15, 0.2) is 22.6 Å². The summed E-state index contributed by atoms with van der Waals surface area (Å²) >= 11 is 1.21. The third kappa shape index (κ3) is 4.02. The molecule has 8 heteroatoms. The lowest BCUT2D eigenvalue weighted by Crippen LogP contribution is -2.11. The maximum Gasteiger partial charge on any atom is 0.322 e. The van der Waals surface area contributed by atoms with Crippen LogP contribution in [-0.4, -0.2) is 31.0 Å². The number of hydrogen-bond donors (Lipinski definition) is 1. The van der Waals surface area contributed by atoms with E-state index in [9.17, 15) is 0 Å².